The molecule has 0 N–H and O–H groups in total. The summed E-state index contributed by atoms with van der Waals surface area (Å²) < 4.78 is 1.68. The maximum absolute atomic E-state index is 10.7. The number of nitro benzene ring substituents is 1. The molecule has 0 aliphatic heterocycles. The van der Waals surface area contributed by atoms with Gasteiger partial charge in [0.25, 0.3) is 5.69 Å². The average molecular weight is 327 g/mol. The van der Waals surface area contributed by atoms with Crippen LogP contribution in [0.25, 0.3) is 5.69 Å². The van der Waals surface area contributed by atoms with Crippen LogP contribution in [0.1, 0.15) is 11.1 Å². The summed E-state index contributed by atoms with van der Waals surface area (Å²) in [6, 6.07) is 14.4. The number of nitro groups is 1. The Bertz CT molecular complexity index is 815. The normalized spacial score (nSPS) is 10.7. The van der Waals surface area contributed by atoms with Crippen molar-refractivity contribution in [1.82, 2.24) is 20.2 Å². The summed E-state index contributed by atoms with van der Waals surface area (Å²) in [5.74, 6) is 0.629. The van der Waals surface area contributed by atoms with Gasteiger partial charge in [0.1, 0.15) is 0 Å². The van der Waals surface area contributed by atoms with Crippen molar-refractivity contribution in [2.75, 3.05) is 0 Å². The van der Waals surface area contributed by atoms with Gasteiger partial charge in [-0.2, -0.15) is 4.68 Å². The first-order valence-electron chi connectivity index (χ1n) is 6.85. The van der Waals surface area contributed by atoms with Crippen LogP contribution in [0.15, 0.2) is 53.7 Å². The summed E-state index contributed by atoms with van der Waals surface area (Å²) >= 11 is 1.48. The first kappa shape index (κ1) is 15.2. The monoisotopic (exact) mass is 327 g/mol. The molecule has 0 fully saturated rings. The molecule has 3 rings (SSSR count). The van der Waals surface area contributed by atoms with E-state index in [2.05, 4.69) is 15.5 Å². The highest BCUT2D eigenvalue weighted by Crippen LogP contribution is 2.23. The van der Waals surface area contributed by atoms with Crippen molar-refractivity contribution in [3.8, 4) is 5.69 Å². The van der Waals surface area contributed by atoms with Crippen LogP contribution in [0.5, 0.6) is 0 Å². The molecule has 8 heteroatoms. The third-order valence-corrected chi connectivity index (χ3v) is 4.22. The van der Waals surface area contributed by atoms with E-state index in [1.165, 1.54) is 29.5 Å². The maximum atomic E-state index is 10.7. The number of non-ortho nitro benzene ring substituents is 1. The molecule has 116 valence electrons. The molecule has 0 saturated carbocycles. The fourth-order valence-corrected chi connectivity index (χ4v) is 2.83. The lowest BCUT2D eigenvalue weighted by Crippen LogP contribution is -1.99. The summed E-state index contributed by atoms with van der Waals surface area (Å²) in [6.45, 7) is 2.02. The van der Waals surface area contributed by atoms with Crippen LogP contribution in [0.3, 0.4) is 0 Å². The minimum Gasteiger partial charge on any atom is -0.258 e. The van der Waals surface area contributed by atoms with Crippen molar-refractivity contribution in [3.63, 3.8) is 0 Å². The Kier molecular flexibility index (Phi) is 4.33. The van der Waals surface area contributed by atoms with Crippen LogP contribution in [0, 0.1) is 17.0 Å². The third kappa shape index (κ3) is 3.54. The second kappa shape index (κ2) is 6.57. The van der Waals surface area contributed by atoms with Crippen molar-refractivity contribution in [1.29, 1.82) is 0 Å². The van der Waals surface area contributed by atoms with Gasteiger partial charge in [0.2, 0.25) is 5.16 Å². The second-order valence-corrected chi connectivity index (χ2v) is 5.86. The highest BCUT2D eigenvalue weighted by molar-refractivity contribution is 7.98. The van der Waals surface area contributed by atoms with Crippen molar-refractivity contribution < 1.29 is 4.92 Å². The zero-order valence-corrected chi connectivity index (χ0v) is 13.1. The molecule has 0 aliphatic rings. The molecule has 1 aromatic heterocycles. The van der Waals surface area contributed by atoms with E-state index in [0.717, 1.165) is 11.3 Å². The first-order chi connectivity index (χ1) is 11.1. The van der Waals surface area contributed by atoms with E-state index in [1.807, 2.05) is 31.2 Å². The predicted octanol–water partition coefficient (Wildman–Crippen LogP) is 3.17. The Hall–Kier alpha value is -2.74. The van der Waals surface area contributed by atoms with Gasteiger partial charge in [-0.15, -0.1) is 5.10 Å². The molecule has 0 bridgehead atoms. The van der Waals surface area contributed by atoms with Crippen LogP contribution in [-0.2, 0) is 5.75 Å². The lowest BCUT2D eigenvalue weighted by Gasteiger charge is -2.04. The number of benzene rings is 2. The van der Waals surface area contributed by atoms with E-state index < -0.39 is 4.92 Å². The minimum atomic E-state index is -0.408. The Morgan fingerprint density at radius 1 is 1.13 bits per heavy atom. The Balaban J connectivity index is 1.73. The number of aromatic nitrogens is 4. The quantitative estimate of drug-likeness (QED) is 0.406. The summed E-state index contributed by atoms with van der Waals surface area (Å²) in [6.07, 6.45) is 0. The molecular weight excluding hydrogens is 314 g/mol. The molecule has 0 saturated heterocycles. The highest BCUT2D eigenvalue weighted by atomic mass is 32.2. The maximum Gasteiger partial charge on any atom is 0.269 e. The molecule has 0 amide bonds. The Labute approximate surface area is 136 Å². The van der Waals surface area contributed by atoms with Crippen molar-refractivity contribution in [3.05, 3.63) is 69.8 Å². The van der Waals surface area contributed by atoms with Gasteiger partial charge in [0, 0.05) is 17.9 Å². The van der Waals surface area contributed by atoms with Gasteiger partial charge in [-0.25, -0.2) is 0 Å². The number of thioether (sulfide) groups is 1. The van der Waals surface area contributed by atoms with Gasteiger partial charge in [0.05, 0.1) is 10.6 Å². The SMILES string of the molecule is Cc1ccc(-n2nnnc2SCc2ccc([N+](=O)[O-])cc2)cc1. The van der Waals surface area contributed by atoms with Gasteiger partial charge < -0.3 is 0 Å². The third-order valence-electron chi connectivity index (χ3n) is 3.23. The van der Waals surface area contributed by atoms with Gasteiger partial charge in [-0.3, -0.25) is 10.1 Å². The lowest BCUT2D eigenvalue weighted by atomic mass is 10.2. The largest absolute Gasteiger partial charge is 0.269 e. The van der Waals surface area contributed by atoms with E-state index in [0.29, 0.717) is 10.9 Å². The smallest absolute Gasteiger partial charge is 0.258 e. The molecule has 0 aliphatic carbocycles. The van der Waals surface area contributed by atoms with E-state index in [-0.39, 0.29) is 5.69 Å². The van der Waals surface area contributed by atoms with Crippen LogP contribution < -0.4 is 0 Å². The number of nitrogens with zero attached hydrogens (tertiary/aromatic N) is 5. The van der Waals surface area contributed by atoms with Crippen molar-refractivity contribution in [2.24, 2.45) is 0 Å². The van der Waals surface area contributed by atoms with Crippen LogP contribution >= 0.6 is 11.8 Å². The number of hydrogen-bond donors (Lipinski definition) is 0. The molecule has 7 nitrogen and oxygen atoms in total. The Morgan fingerprint density at radius 3 is 2.48 bits per heavy atom. The Morgan fingerprint density at radius 2 is 1.83 bits per heavy atom. The fourth-order valence-electron chi connectivity index (χ4n) is 1.98. The number of hydrogen-bond acceptors (Lipinski definition) is 6. The topological polar surface area (TPSA) is 86.7 Å². The van der Waals surface area contributed by atoms with Crippen LogP contribution in [0.2, 0.25) is 0 Å². The van der Waals surface area contributed by atoms with Gasteiger partial charge in [-0.1, -0.05) is 41.6 Å². The molecule has 23 heavy (non-hydrogen) atoms. The average Bonchev–Trinajstić information content (AvgIpc) is 3.02. The van der Waals surface area contributed by atoms with Gasteiger partial charge in [0.15, 0.2) is 0 Å². The molecule has 3 aromatic rings. The predicted molar refractivity (Wildman–Crippen MR) is 86.5 cm³/mol. The second-order valence-electron chi connectivity index (χ2n) is 4.92. The number of aryl methyl sites for hydroxylation is 1. The standard InChI is InChI=1S/C15H13N5O2S/c1-11-2-6-13(7-3-11)19-15(16-17-18-19)23-10-12-4-8-14(9-5-12)20(21)22/h2-9H,10H2,1H3. The number of rotatable bonds is 5. The fraction of sp³-hybridized carbons (Fsp3) is 0.133. The zero-order chi connectivity index (χ0) is 16.2. The van der Waals surface area contributed by atoms with E-state index in [1.54, 1.807) is 16.8 Å². The lowest BCUT2D eigenvalue weighted by molar-refractivity contribution is -0.384. The van der Waals surface area contributed by atoms with Gasteiger partial charge in [-0.05, 0) is 35.0 Å². The van der Waals surface area contributed by atoms with Crippen LogP contribution in [0.4, 0.5) is 5.69 Å². The molecule has 0 atom stereocenters. The summed E-state index contributed by atoms with van der Waals surface area (Å²) in [4.78, 5) is 10.2. The highest BCUT2D eigenvalue weighted by Gasteiger charge is 2.10. The summed E-state index contributed by atoms with van der Waals surface area (Å²) in [5.41, 5.74) is 3.12. The molecule has 0 unspecified atom stereocenters. The molecule has 1 heterocycles. The van der Waals surface area contributed by atoms with Crippen LogP contribution in [-0.4, -0.2) is 25.1 Å². The summed E-state index contributed by atoms with van der Waals surface area (Å²) in [7, 11) is 0. The summed E-state index contributed by atoms with van der Waals surface area (Å²) in [5, 5.41) is 23.1. The molecular formula is C15H13N5O2S. The van der Waals surface area contributed by atoms with E-state index in [9.17, 15) is 10.1 Å². The van der Waals surface area contributed by atoms with Gasteiger partial charge >= 0.3 is 0 Å². The van der Waals surface area contributed by atoms with E-state index >= 15 is 0 Å². The van der Waals surface area contributed by atoms with E-state index in [4.69, 9.17) is 0 Å². The minimum absolute atomic E-state index is 0.0863. The molecule has 0 radical (unpaired) electrons. The first-order valence-corrected chi connectivity index (χ1v) is 7.83. The molecule has 0 spiro atoms. The van der Waals surface area contributed by atoms with Crippen molar-refractivity contribution >= 4 is 17.4 Å². The van der Waals surface area contributed by atoms with Crippen molar-refractivity contribution in [2.45, 2.75) is 17.8 Å². The molecule has 2 aromatic carbocycles. The number of tetrazole rings is 1. The zero-order valence-electron chi connectivity index (χ0n) is 12.3.